The third-order valence-corrected chi connectivity index (χ3v) is 10.8. The molecule has 0 aliphatic heterocycles. The quantitative estimate of drug-likeness (QED) is 0.173. The fourth-order valence-electron chi connectivity index (χ4n) is 9.19. The summed E-state index contributed by atoms with van der Waals surface area (Å²) in [5.74, 6) is 0.560. The smallest absolute Gasteiger partial charge is 0 e. The molecule has 3 heteroatoms. The van der Waals surface area contributed by atoms with E-state index in [2.05, 4.69) is 127 Å². The molecule has 5 aliphatic carbocycles. The van der Waals surface area contributed by atoms with Crippen molar-refractivity contribution in [3.05, 3.63) is 127 Å². The largest absolute Gasteiger partial charge is 0.0622 e. The summed E-state index contributed by atoms with van der Waals surface area (Å²) in [6, 6.07) is 31.2. The summed E-state index contributed by atoms with van der Waals surface area (Å²) in [6.45, 7) is 16.0. The van der Waals surface area contributed by atoms with Gasteiger partial charge in [0.1, 0.15) is 0 Å². The van der Waals surface area contributed by atoms with Crippen molar-refractivity contribution >= 4 is 20.9 Å². The normalized spacial score (nSPS) is 30.6. The molecular formula is C41H55GeHfN-3. The molecule has 5 aliphatic rings. The van der Waals surface area contributed by atoms with Gasteiger partial charge in [0.2, 0.25) is 0 Å². The number of benzene rings is 3. The maximum absolute atomic E-state index is 8.59. The topological polar surface area (TPSA) is 23.8 Å². The van der Waals surface area contributed by atoms with Crippen LogP contribution in [0.3, 0.4) is 0 Å². The molecule has 4 bridgehead atoms. The molecule has 4 saturated carbocycles. The summed E-state index contributed by atoms with van der Waals surface area (Å²) >= 11 is 1.26. The Balaban J connectivity index is 0.000000208. The first-order chi connectivity index (χ1) is 19.7. The van der Waals surface area contributed by atoms with Gasteiger partial charge in [0.15, 0.2) is 0 Å². The molecule has 4 fully saturated rings. The molecule has 0 heterocycles. The second-order valence-electron chi connectivity index (χ2n) is 14.8. The molecule has 235 valence electrons. The second kappa shape index (κ2) is 15.9. The van der Waals surface area contributed by atoms with Gasteiger partial charge in [-0.05, 0) is 46.6 Å². The van der Waals surface area contributed by atoms with Gasteiger partial charge in [-0.15, -0.1) is 12.5 Å². The average Bonchev–Trinajstić information content (AvgIpc) is 3.13. The molecule has 1 unspecified atom stereocenters. The minimum absolute atomic E-state index is 0. The van der Waals surface area contributed by atoms with E-state index in [9.17, 15) is 0 Å². The van der Waals surface area contributed by atoms with Crippen molar-refractivity contribution in [1.29, 1.82) is 0 Å². The van der Waals surface area contributed by atoms with Crippen molar-refractivity contribution in [3.8, 4) is 11.1 Å². The SMILES string of the molecule is CC12CC3(C)CC(C)(C1)CC([NH-])(C2)C3.CC1=[C-]C(C)C(C)=C1C.[CH3-].[GeH2][c]1ccccc1.[Hf].c1ccc(-c2ccccc2)cc1. The van der Waals surface area contributed by atoms with E-state index in [-0.39, 0.29) is 38.8 Å². The molecule has 8 rings (SSSR count). The minimum Gasteiger partial charge on any atom is -0.0622 e. The third kappa shape index (κ3) is 10.3. The van der Waals surface area contributed by atoms with Gasteiger partial charge in [-0.25, -0.2) is 5.57 Å². The van der Waals surface area contributed by atoms with Crippen LogP contribution < -0.4 is 4.40 Å². The Morgan fingerprint density at radius 3 is 1.18 bits per heavy atom. The zero-order valence-corrected chi connectivity index (χ0v) is 35.2. The molecule has 3 aromatic carbocycles. The van der Waals surface area contributed by atoms with Crippen molar-refractivity contribution < 1.29 is 25.8 Å². The van der Waals surface area contributed by atoms with Gasteiger partial charge < -0.3 is 13.2 Å². The molecular weight excluding hydrogens is 758 g/mol. The van der Waals surface area contributed by atoms with E-state index in [0.29, 0.717) is 22.2 Å². The van der Waals surface area contributed by atoms with E-state index in [1.807, 2.05) is 18.2 Å². The molecule has 3 aromatic rings. The maximum Gasteiger partial charge on any atom is 0 e. The van der Waals surface area contributed by atoms with Crippen LogP contribution in [-0.2, 0) is 25.8 Å². The van der Waals surface area contributed by atoms with Gasteiger partial charge >= 0.3 is 51.2 Å². The fraction of sp³-hybridized carbons (Fsp3) is 0.439. The summed E-state index contributed by atoms with van der Waals surface area (Å²) in [5, 5.41) is 0. The average molecular weight is 813 g/mol. The van der Waals surface area contributed by atoms with E-state index < -0.39 is 0 Å². The molecule has 1 atom stereocenters. The molecule has 0 saturated heterocycles. The van der Waals surface area contributed by atoms with Crippen molar-refractivity contribution in [2.75, 3.05) is 0 Å². The van der Waals surface area contributed by atoms with Crippen molar-refractivity contribution in [2.45, 2.75) is 92.5 Å². The summed E-state index contributed by atoms with van der Waals surface area (Å²) < 4.78 is 1.45. The molecule has 1 radical (unpaired) electrons. The van der Waals surface area contributed by atoms with Gasteiger partial charge in [-0.1, -0.05) is 127 Å². The van der Waals surface area contributed by atoms with E-state index >= 15 is 0 Å². The number of hydrogen-bond donors (Lipinski definition) is 0. The first-order valence-electron chi connectivity index (χ1n) is 15.7. The first-order valence-corrected chi connectivity index (χ1v) is 17.2. The van der Waals surface area contributed by atoms with Crippen molar-refractivity contribution in [3.63, 3.8) is 0 Å². The summed E-state index contributed by atoms with van der Waals surface area (Å²) in [7, 11) is 0. The number of allylic oxidation sites excluding steroid dienone is 4. The zero-order valence-electron chi connectivity index (χ0n) is 28.7. The Morgan fingerprint density at radius 2 is 0.977 bits per heavy atom. The summed E-state index contributed by atoms with van der Waals surface area (Å²) in [6.07, 6.45) is 11.0. The summed E-state index contributed by atoms with van der Waals surface area (Å²) in [4.78, 5) is 0. The Bertz CT molecular complexity index is 1240. The molecule has 0 amide bonds. The van der Waals surface area contributed by atoms with E-state index in [1.165, 1.54) is 87.3 Å². The van der Waals surface area contributed by atoms with Crippen LogP contribution in [0.25, 0.3) is 16.9 Å². The fourth-order valence-corrected chi connectivity index (χ4v) is 9.76. The molecule has 0 aromatic heterocycles. The van der Waals surface area contributed by atoms with Crippen LogP contribution in [0, 0.1) is 35.7 Å². The van der Waals surface area contributed by atoms with Crippen LogP contribution in [0.1, 0.15) is 87.0 Å². The molecule has 1 N–H and O–H groups in total. The van der Waals surface area contributed by atoms with Crippen LogP contribution in [0.2, 0.25) is 0 Å². The van der Waals surface area contributed by atoms with Crippen LogP contribution in [0.5, 0.6) is 0 Å². The van der Waals surface area contributed by atoms with Gasteiger partial charge in [-0.3, -0.25) is 6.08 Å². The Morgan fingerprint density at radius 1 is 0.636 bits per heavy atom. The predicted molar refractivity (Wildman–Crippen MR) is 192 cm³/mol. The molecule has 0 spiro atoms. The van der Waals surface area contributed by atoms with Crippen molar-refractivity contribution in [1.82, 2.24) is 0 Å². The second-order valence-corrected chi connectivity index (χ2v) is 16.5. The van der Waals surface area contributed by atoms with Crippen LogP contribution >= 0.6 is 0 Å². The van der Waals surface area contributed by atoms with E-state index in [4.69, 9.17) is 5.73 Å². The van der Waals surface area contributed by atoms with Crippen molar-refractivity contribution in [2.24, 2.45) is 22.2 Å². The first kappa shape index (κ1) is 38.7. The van der Waals surface area contributed by atoms with Crippen LogP contribution in [0.4, 0.5) is 0 Å². The Labute approximate surface area is 297 Å². The molecule has 1 nitrogen and oxygen atoms in total. The number of nitrogens with one attached hydrogen (secondary N) is 1. The van der Waals surface area contributed by atoms with E-state index in [1.54, 1.807) is 0 Å². The zero-order chi connectivity index (χ0) is 30.6. The molecule has 44 heavy (non-hydrogen) atoms. The Hall–Kier alpha value is -1.49. The van der Waals surface area contributed by atoms with E-state index in [0.717, 1.165) is 0 Å². The predicted octanol–water partition coefficient (Wildman–Crippen LogP) is 10.6. The third-order valence-electron chi connectivity index (χ3n) is 9.82. The van der Waals surface area contributed by atoms with Gasteiger partial charge in [0.05, 0.1) is 0 Å². The Kier molecular flexibility index (Phi) is 14.0. The van der Waals surface area contributed by atoms with Gasteiger partial charge in [0, 0.05) is 25.8 Å². The summed E-state index contributed by atoms with van der Waals surface area (Å²) in [5.41, 5.74) is 16.8. The number of rotatable bonds is 1. The number of hydrogen-bond acceptors (Lipinski definition) is 0. The monoisotopic (exact) mass is 815 g/mol. The maximum atomic E-state index is 8.59. The minimum atomic E-state index is -0.0625. The van der Waals surface area contributed by atoms with Gasteiger partial charge in [0.25, 0.3) is 0 Å². The van der Waals surface area contributed by atoms with Crippen LogP contribution in [0.15, 0.2) is 108 Å². The van der Waals surface area contributed by atoms with Gasteiger partial charge in [-0.2, -0.15) is 11.1 Å². The van der Waals surface area contributed by atoms with Crippen LogP contribution in [-0.4, -0.2) is 22.1 Å². The standard InChI is InChI=1S/C13H22N.C12H10.C9H13.C6H7Ge.CH3.Hf/c1-10-4-11(2)6-12(3,5-10)9-13(14,7-10)8-11;1-3-7-11(8-4-1)12-9-5-2-6-10-12;1-6-5-7(2)9(4)8(6)3;7-6-4-2-1-3-5-6;;/h14H,4-9H2,1-3H3;1-10H;6H,1-4H3;1-5H,7H2;1H3;/q-1;;-1;;-1;.